The number of thioether (sulfide) groups is 1. The summed E-state index contributed by atoms with van der Waals surface area (Å²) in [5.74, 6) is 1.07. The van der Waals surface area contributed by atoms with Crippen LogP contribution in [-0.4, -0.2) is 38.4 Å². The predicted molar refractivity (Wildman–Crippen MR) is 96.9 cm³/mol. The Labute approximate surface area is 151 Å². The van der Waals surface area contributed by atoms with E-state index in [0.29, 0.717) is 33.8 Å². The molecule has 0 aliphatic heterocycles. The number of hydrogen-bond acceptors (Lipinski definition) is 8. The van der Waals surface area contributed by atoms with Crippen LogP contribution < -0.4 is 10.9 Å². The molecule has 0 unspecified atom stereocenters. The number of nitrogens with one attached hydrogen (secondary N) is 1. The minimum Gasteiger partial charge on any atom is -0.377 e. The lowest BCUT2D eigenvalue weighted by atomic mass is 10.4. The molecule has 10 heteroatoms. The highest BCUT2D eigenvalue weighted by Crippen LogP contribution is 2.15. The first-order valence-electron chi connectivity index (χ1n) is 7.32. The Hall–Kier alpha value is -2.30. The Balaban J connectivity index is 1.59. The van der Waals surface area contributed by atoms with E-state index in [0.717, 1.165) is 0 Å². The Morgan fingerprint density at radius 2 is 2.32 bits per heavy atom. The highest BCUT2D eigenvalue weighted by Gasteiger charge is 2.10. The average Bonchev–Trinajstić information content (AvgIpc) is 2.99. The van der Waals surface area contributed by atoms with E-state index in [1.54, 1.807) is 31.5 Å². The van der Waals surface area contributed by atoms with Gasteiger partial charge in [-0.25, -0.2) is 9.97 Å². The molecule has 0 aliphatic carbocycles. The molecule has 0 fully saturated rings. The summed E-state index contributed by atoms with van der Waals surface area (Å²) in [6.07, 6.45) is 1.61. The summed E-state index contributed by atoms with van der Waals surface area (Å²) in [7, 11) is 1.57. The van der Waals surface area contributed by atoms with E-state index in [-0.39, 0.29) is 17.2 Å². The summed E-state index contributed by atoms with van der Waals surface area (Å²) >= 11 is 2.69. The van der Waals surface area contributed by atoms with Crippen LogP contribution in [-0.2, 0) is 21.9 Å². The highest BCUT2D eigenvalue weighted by atomic mass is 32.2. The number of rotatable bonds is 7. The molecule has 8 nitrogen and oxygen atoms in total. The molecular formula is C15H15N5O3S2. The van der Waals surface area contributed by atoms with Crippen molar-refractivity contribution in [2.24, 2.45) is 0 Å². The molecule has 3 aromatic heterocycles. The molecule has 3 rings (SSSR count). The maximum absolute atomic E-state index is 12.1. The van der Waals surface area contributed by atoms with E-state index in [9.17, 15) is 9.59 Å². The SMILES string of the molecule is COCc1nn2c(=O)cc(CSCC(=O)Nc3ccccn3)nc2s1. The Kier molecular flexibility index (Phi) is 5.74. The van der Waals surface area contributed by atoms with Gasteiger partial charge in [0, 0.05) is 25.1 Å². The minimum atomic E-state index is -0.239. The largest absolute Gasteiger partial charge is 0.377 e. The van der Waals surface area contributed by atoms with Crippen LogP contribution in [0.1, 0.15) is 10.7 Å². The molecule has 25 heavy (non-hydrogen) atoms. The third kappa shape index (κ3) is 4.62. The van der Waals surface area contributed by atoms with E-state index >= 15 is 0 Å². The number of amides is 1. The molecule has 0 saturated carbocycles. The molecule has 130 valence electrons. The Bertz CT molecular complexity index is 926. The zero-order valence-corrected chi connectivity index (χ0v) is 15.0. The number of aromatic nitrogens is 4. The molecule has 3 heterocycles. The maximum atomic E-state index is 12.1. The van der Waals surface area contributed by atoms with Crippen molar-refractivity contribution in [3.63, 3.8) is 0 Å². The van der Waals surface area contributed by atoms with Crippen molar-refractivity contribution in [3.05, 3.63) is 51.5 Å². The second-order valence-electron chi connectivity index (χ2n) is 4.96. The molecule has 0 bridgehead atoms. The number of hydrogen-bond donors (Lipinski definition) is 1. The second kappa shape index (κ2) is 8.19. The normalized spacial score (nSPS) is 10.9. The lowest BCUT2D eigenvalue weighted by molar-refractivity contribution is -0.113. The topological polar surface area (TPSA) is 98.5 Å². The van der Waals surface area contributed by atoms with E-state index in [2.05, 4.69) is 20.4 Å². The third-order valence-electron chi connectivity index (χ3n) is 3.02. The predicted octanol–water partition coefficient (Wildman–Crippen LogP) is 1.56. The number of anilines is 1. The Morgan fingerprint density at radius 3 is 3.08 bits per heavy atom. The fraction of sp³-hybridized carbons (Fsp3) is 0.267. The smallest absolute Gasteiger partial charge is 0.275 e. The second-order valence-corrected chi connectivity index (χ2v) is 6.99. The molecule has 0 radical (unpaired) electrons. The van der Waals surface area contributed by atoms with Gasteiger partial charge in [-0.15, -0.1) is 11.8 Å². The number of nitrogens with zero attached hydrogens (tertiary/aromatic N) is 4. The van der Waals surface area contributed by atoms with Crippen LogP contribution in [0.4, 0.5) is 5.82 Å². The van der Waals surface area contributed by atoms with Crippen LogP contribution in [0.15, 0.2) is 35.3 Å². The van der Waals surface area contributed by atoms with E-state index in [1.165, 1.54) is 33.7 Å². The van der Waals surface area contributed by atoms with Gasteiger partial charge in [0.1, 0.15) is 10.8 Å². The molecule has 0 atom stereocenters. The summed E-state index contributed by atoms with van der Waals surface area (Å²) in [5.41, 5.74) is 0.380. The van der Waals surface area contributed by atoms with Gasteiger partial charge >= 0.3 is 0 Å². The number of methoxy groups -OCH3 is 1. The van der Waals surface area contributed by atoms with Gasteiger partial charge in [-0.2, -0.15) is 9.61 Å². The first-order chi connectivity index (χ1) is 12.2. The fourth-order valence-corrected chi connectivity index (χ4v) is 3.62. The fourth-order valence-electron chi connectivity index (χ4n) is 2.02. The van der Waals surface area contributed by atoms with Gasteiger partial charge in [0.25, 0.3) is 5.56 Å². The van der Waals surface area contributed by atoms with Crippen LogP contribution in [0.2, 0.25) is 0 Å². The lowest BCUT2D eigenvalue weighted by Crippen LogP contribution is -2.16. The van der Waals surface area contributed by atoms with Gasteiger partial charge < -0.3 is 10.1 Å². The van der Waals surface area contributed by atoms with E-state index in [4.69, 9.17) is 4.74 Å². The van der Waals surface area contributed by atoms with Crippen molar-refractivity contribution in [2.75, 3.05) is 18.2 Å². The zero-order valence-electron chi connectivity index (χ0n) is 13.3. The van der Waals surface area contributed by atoms with Crippen LogP contribution >= 0.6 is 23.1 Å². The molecule has 1 amide bonds. The molecule has 0 saturated heterocycles. The van der Waals surface area contributed by atoms with E-state index in [1.807, 2.05) is 0 Å². The lowest BCUT2D eigenvalue weighted by Gasteiger charge is -2.04. The quantitative estimate of drug-likeness (QED) is 0.667. The first-order valence-corrected chi connectivity index (χ1v) is 9.29. The van der Waals surface area contributed by atoms with Crippen molar-refractivity contribution in [2.45, 2.75) is 12.4 Å². The first kappa shape index (κ1) is 17.5. The summed E-state index contributed by atoms with van der Waals surface area (Å²) in [6.45, 7) is 0.339. The third-order valence-corrected chi connectivity index (χ3v) is 4.87. The van der Waals surface area contributed by atoms with Crippen LogP contribution in [0, 0.1) is 0 Å². The summed E-state index contributed by atoms with van der Waals surface area (Å²) in [6, 6.07) is 6.74. The minimum absolute atomic E-state index is 0.151. The van der Waals surface area contributed by atoms with Gasteiger partial charge in [0.15, 0.2) is 0 Å². The highest BCUT2D eigenvalue weighted by molar-refractivity contribution is 7.99. The van der Waals surface area contributed by atoms with Gasteiger partial charge in [-0.1, -0.05) is 17.4 Å². The monoisotopic (exact) mass is 377 g/mol. The number of carbonyl (C=O) groups is 1. The summed E-state index contributed by atoms with van der Waals surface area (Å²) in [4.78, 5) is 32.9. The van der Waals surface area contributed by atoms with Crippen LogP contribution in [0.5, 0.6) is 0 Å². The van der Waals surface area contributed by atoms with Gasteiger partial charge in [0.05, 0.1) is 18.1 Å². The van der Waals surface area contributed by atoms with Crippen molar-refractivity contribution in [1.29, 1.82) is 0 Å². The average molecular weight is 377 g/mol. The maximum Gasteiger partial charge on any atom is 0.275 e. The van der Waals surface area contributed by atoms with E-state index < -0.39 is 0 Å². The standard InChI is InChI=1S/C15H15N5O3S2/c1-23-7-13-19-20-14(22)6-10(17-15(20)25-13)8-24-9-12(21)18-11-4-2-3-5-16-11/h2-6H,7-9H2,1H3,(H,16,18,21). The molecule has 0 spiro atoms. The van der Waals surface area contributed by atoms with Gasteiger partial charge in [0.2, 0.25) is 10.9 Å². The number of fused-ring (bicyclic) bond motifs is 1. The van der Waals surface area contributed by atoms with Crippen molar-refractivity contribution < 1.29 is 9.53 Å². The number of carbonyl (C=O) groups excluding carboxylic acids is 1. The molecule has 3 aromatic rings. The summed E-state index contributed by atoms with van der Waals surface area (Å²) < 4.78 is 6.28. The summed E-state index contributed by atoms with van der Waals surface area (Å²) in [5, 5.41) is 7.55. The van der Waals surface area contributed by atoms with Crippen molar-refractivity contribution >= 4 is 39.8 Å². The van der Waals surface area contributed by atoms with Gasteiger partial charge in [-0.3, -0.25) is 9.59 Å². The number of pyridine rings is 1. The van der Waals surface area contributed by atoms with Gasteiger partial charge in [-0.05, 0) is 12.1 Å². The van der Waals surface area contributed by atoms with Crippen LogP contribution in [0.3, 0.4) is 0 Å². The molecule has 1 N–H and O–H groups in total. The zero-order chi connectivity index (χ0) is 17.6. The van der Waals surface area contributed by atoms with Crippen molar-refractivity contribution in [1.82, 2.24) is 19.6 Å². The van der Waals surface area contributed by atoms with Crippen molar-refractivity contribution in [3.8, 4) is 0 Å². The van der Waals surface area contributed by atoms with Crippen LogP contribution in [0.25, 0.3) is 4.96 Å². The molecular weight excluding hydrogens is 362 g/mol. The molecule has 0 aliphatic rings. The Morgan fingerprint density at radius 1 is 1.44 bits per heavy atom. The molecule has 0 aromatic carbocycles. The number of ether oxygens (including phenoxy) is 1.